The molecule has 8 nitrogen and oxygen atoms in total. The van der Waals surface area contributed by atoms with Crippen LogP contribution < -0.4 is 0 Å². The molecular formula is C25H29N5O3. The summed E-state index contributed by atoms with van der Waals surface area (Å²) >= 11 is 0. The van der Waals surface area contributed by atoms with Crippen molar-refractivity contribution >= 4 is 27.8 Å². The first-order valence-electron chi connectivity index (χ1n) is 11.4. The van der Waals surface area contributed by atoms with Crippen molar-refractivity contribution in [3.8, 4) is 5.95 Å². The van der Waals surface area contributed by atoms with E-state index < -0.39 is 0 Å². The first-order valence-corrected chi connectivity index (χ1v) is 11.4. The lowest BCUT2D eigenvalue weighted by atomic mass is 10.2. The van der Waals surface area contributed by atoms with Crippen LogP contribution in [0.3, 0.4) is 0 Å². The summed E-state index contributed by atoms with van der Waals surface area (Å²) in [5, 5.41) is 1.10. The highest BCUT2D eigenvalue weighted by atomic mass is 16.5. The van der Waals surface area contributed by atoms with Gasteiger partial charge in [0.2, 0.25) is 5.95 Å². The van der Waals surface area contributed by atoms with E-state index in [0.29, 0.717) is 43.9 Å². The Morgan fingerprint density at radius 1 is 1.03 bits per heavy atom. The number of para-hydroxylation sites is 1. The summed E-state index contributed by atoms with van der Waals surface area (Å²) in [5.74, 6) is 1.10. The van der Waals surface area contributed by atoms with Gasteiger partial charge in [0.1, 0.15) is 5.69 Å². The van der Waals surface area contributed by atoms with Gasteiger partial charge in [-0.1, -0.05) is 18.2 Å². The standard InChI is InChI=1S/C25H29N5O3/c1-32-14-12-28(13-15-33-2)24(31)22-16-21-23(30(22)25-26-10-5-11-27-25)19-6-3-4-7-20(19)29(21)17-18-8-9-18/h3-7,10-11,16,18H,8-9,12-15,17H2,1-2H3. The van der Waals surface area contributed by atoms with Crippen LogP contribution in [0.25, 0.3) is 27.9 Å². The van der Waals surface area contributed by atoms with E-state index >= 15 is 0 Å². The zero-order valence-electron chi connectivity index (χ0n) is 19.1. The molecule has 1 aliphatic carbocycles. The van der Waals surface area contributed by atoms with E-state index in [1.54, 1.807) is 37.6 Å². The van der Waals surface area contributed by atoms with Gasteiger partial charge in [0.15, 0.2) is 0 Å². The fourth-order valence-electron chi connectivity index (χ4n) is 4.41. The molecule has 0 bridgehead atoms. The number of methoxy groups -OCH3 is 2. The van der Waals surface area contributed by atoms with Gasteiger partial charge in [-0.05, 0) is 37.0 Å². The van der Waals surface area contributed by atoms with Crippen molar-refractivity contribution < 1.29 is 14.3 Å². The van der Waals surface area contributed by atoms with E-state index in [1.165, 1.54) is 18.4 Å². The third-order valence-corrected chi connectivity index (χ3v) is 6.25. The van der Waals surface area contributed by atoms with Crippen LogP contribution in [-0.4, -0.2) is 70.4 Å². The van der Waals surface area contributed by atoms with Gasteiger partial charge in [0, 0.05) is 51.6 Å². The lowest BCUT2D eigenvalue weighted by Gasteiger charge is -2.22. The first kappa shape index (κ1) is 21.6. The van der Waals surface area contributed by atoms with Crippen molar-refractivity contribution in [1.29, 1.82) is 0 Å². The Labute approximate surface area is 192 Å². The van der Waals surface area contributed by atoms with Crippen molar-refractivity contribution in [3.63, 3.8) is 0 Å². The summed E-state index contributed by atoms with van der Waals surface area (Å²) in [6, 6.07) is 12.2. The smallest absolute Gasteiger partial charge is 0.271 e. The maximum absolute atomic E-state index is 13.8. The number of carbonyl (C=O) groups excluding carboxylic acids is 1. The van der Waals surface area contributed by atoms with Crippen molar-refractivity contribution in [3.05, 3.63) is 54.5 Å². The topological polar surface area (TPSA) is 74.4 Å². The molecule has 0 unspecified atom stereocenters. The van der Waals surface area contributed by atoms with Gasteiger partial charge in [-0.25, -0.2) is 9.97 Å². The molecule has 8 heteroatoms. The van der Waals surface area contributed by atoms with E-state index in [0.717, 1.165) is 23.0 Å². The fraction of sp³-hybridized carbons (Fsp3) is 0.400. The van der Waals surface area contributed by atoms with Gasteiger partial charge >= 0.3 is 0 Å². The highest BCUT2D eigenvalue weighted by molar-refractivity contribution is 6.11. The maximum atomic E-state index is 13.8. The summed E-state index contributed by atoms with van der Waals surface area (Å²) in [6.07, 6.45) is 5.92. The van der Waals surface area contributed by atoms with Gasteiger partial charge in [-0.2, -0.15) is 0 Å². The van der Waals surface area contributed by atoms with Gasteiger partial charge in [-0.3, -0.25) is 9.36 Å². The average Bonchev–Trinajstić information content (AvgIpc) is 3.52. The summed E-state index contributed by atoms with van der Waals surface area (Å²) in [4.78, 5) is 24.6. The molecular weight excluding hydrogens is 418 g/mol. The quantitative estimate of drug-likeness (QED) is 0.372. The zero-order chi connectivity index (χ0) is 22.8. The monoisotopic (exact) mass is 447 g/mol. The predicted molar refractivity (Wildman–Crippen MR) is 127 cm³/mol. The lowest BCUT2D eigenvalue weighted by Crippen LogP contribution is -2.37. The highest BCUT2D eigenvalue weighted by Gasteiger charge is 2.29. The highest BCUT2D eigenvalue weighted by Crippen LogP contribution is 2.38. The number of fused-ring (bicyclic) bond motifs is 3. The molecule has 0 N–H and O–H groups in total. The number of nitrogens with zero attached hydrogens (tertiary/aromatic N) is 5. The number of carbonyl (C=O) groups is 1. The van der Waals surface area contributed by atoms with Gasteiger partial charge in [-0.15, -0.1) is 0 Å². The second kappa shape index (κ2) is 9.33. The molecule has 3 aromatic heterocycles. The van der Waals surface area contributed by atoms with Crippen LogP contribution in [-0.2, 0) is 16.0 Å². The van der Waals surface area contributed by atoms with Crippen LogP contribution in [0, 0.1) is 5.92 Å². The Bertz CT molecular complexity index is 1250. The Morgan fingerprint density at radius 2 is 1.73 bits per heavy atom. The third kappa shape index (κ3) is 4.12. The molecule has 0 radical (unpaired) electrons. The Kier molecular flexibility index (Phi) is 6.11. The molecule has 172 valence electrons. The molecule has 0 atom stereocenters. The minimum Gasteiger partial charge on any atom is -0.383 e. The van der Waals surface area contributed by atoms with E-state index in [9.17, 15) is 4.79 Å². The second-order valence-electron chi connectivity index (χ2n) is 8.50. The van der Waals surface area contributed by atoms with Crippen LogP contribution >= 0.6 is 0 Å². The maximum Gasteiger partial charge on any atom is 0.271 e. The molecule has 33 heavy (non-hydrogen) atoms. The Balaban J connectivity index is 1.72. The molecule has 1 amide bonds. The molecule has 3 heterocycles. The number of ether oxygens (including phenoxy) is 2. The zero-order valence-corrected chi connectivity index (χ0v) is 19.1. The van der Waals surface area contributed by atoms with E-state index in [4.69, 9.17) is 9.47 Å². The molecule has 1 aromatic carbocycles. The molecule has 5 rings (SSSR count). The number of aromatic nitrogens is 4. The summed E-state index contributed by atoms with van der Waals surface area (Å²) < 4.78 is 14.8. The normalized spacial score (nSPS) is 13.8. The van der Waals surface area contributed by atoms with Crippen LogP contribution in [0.2, 0.25) is 0 Å². The van der Waals surface area contributed by atoms with Crippen molar-refractivity contribution in [2.24, 2.45) is 5.92 Å². The molecule has 1 aliphatic rings. The first-order chi connectivity index (χ1) is 16.2. The lowest BCUT2D eigenvalue weighted by molar-refractivity contribution is 0.0620. The van der Waals surface area contributed by atoms with Crippen LogP contribution in [0.15, 0.2) is 48.8 Å². The summed E-state index contributed by atoms with van der Waals surface area (Å²) in [6.45, 7) is 2.82. The van der Waals surface area contributed by atoms with Crippen LogP contribution in [0.1, 0.15) is 23.3 Å². The van der Waals surface area contributed by atoms with Crippen molar-refractivity contribution in [2.75, 3.05) is 40.5 Å². The van der Waals surface area contributed by atoms with Gasteiger partial charge in [0.05, 0.1) is 29.8 Å². The van der Waals surface area contributed by atoms with Crippen LogP contribution in [0.4, 0.5) is 0 Å². The van der Waals surface area contributed by atoms with Crippen molar-refractivity contribution in [1.82, 2.24) is 24.0 Å². The Hall–Kier alpha value is -3.23. The molecule has 4 aromatic rings. The minimum absolute atomic E-state index is 0.0881. The third-order valence-electron chi connectivity index (χ3n) is 6.25. The molecule has 0 spiro atoms. The van der Waals surface area contributed by atoms with E-state index in [-0.39, 0.29) is 5.91 Å². The fourth-order valence-corrected chi connectivity index (χ4v) is 4.41. The SMILES string of the molecule is COCCN(CCOC)C(=O)c1cc2c(c3ccccc3n2CC2CC2)n1-c1ncccn1. The van der Waals surface area contributed by atoms with Crippen molar-refractivity contribution in [2.45, 2.75) is 19.4 Å². The van der Waals surface area contributed by atoms with E-state index in [2.05, 4.69) is 32.7 Å². The largest absolute Gasteiger partial charge is 0.383 e. The Morgan fingerprint density at radius 3 is 2.39 bits per heavy atom. The number of benzene rings is 1. The molecule has 1 fully saturated rings. The minimum atomic E-state index is -0.0881. The summed E-state index contributed by atoms with van der Waals surface area (Å²) in [7, 11) is 3.28. The van der Waals surface area contributed by atoms with Gasteiger partial charge < -0.3 is 18.9 Å². The predicted octanol–water partition coefficient (Wildman–Crippen LogP) is 3.52. The number of rotatable bonds is 10. The molecule has 0 saturated heterocycles. The molecule has 1 saturated carbocycles. The second-order valence-corrected chi connectivity index (χ2v) is 8.50. The number of amides is 1. The van der Waals surface area contributed by atoms with Gasteiger partial charge in [0.25, 0.3) is 5.91 Å². The van der Waals surface area contributed by atoms with E-state index in [1.807, 2.05) is 16.7 Å². The summed E-state index contributed by atoms with van der Waals surface area (Å²) in [5.41, 5.74) is 3.74. The number of hydrogen-bond donors (Lipinski definition) is 0. The average molecular weight is 448 g/mol. The molecule has 0 aliphatic heterocycles. The van der Waals surface area contributed by atoms with Crippen LogP contribution in [0.5, 0.6) is 0 Å². The number of hydrogen-bond acceptors (Lipinski definition) is 5.